The molecule has 0 aliphatic carbocycles. The number of phenols is 1. The summed E-state index contributed by atoms with van der Waals surface area (Å²) >= 11 is 0. The summed E-state index contributed by atoms with van der Waals surface area (Å²) in [7, 11) is -3.80. The van der Waals surface area contributed by atoms with Gasteiger partial charge in [-0.3, -0.25) is 4.79 Å². The average molecular weight is 300 g/mol. The molecular formula is C13H20N2O4S. The Morgan fingerprint density at radius 1 is 1.35 bits per heavy atom. The maximum atomic E-state index is 11.9. The molecule has 0 spiro atoms. The summed E-state index contributed by atoms with van der Waals surface area (Å²) < 4.78 is 26.1. The Morgan fingerprint density at radius 3 is 2.60 bits per heavy atom. The van der Waals surface area contributed by atoms with E-state index in [1.54, 1.807) is 0 Å². The van der Waals surface area contributed by atoms with E-state index in [9.17, 15) is 18.3 Å². The van der Waals surface area contributed by atoms with Crippen molar-refractivity contribution in [1.29, 1.82) is 0 Å². The van der Waals surface area contributed by atoms with Crippen LogP contribution in [-0.4, -0.2) is 32.0 Å². The molecule has 1 atom stereocenters. The number of amides is 1. The molecule has 0 saturated carbocycles. The van der Waals surface area contributed by atoms with Gasteiger partial charge in [0.05, 0.1) is 0 Å². The van der Waals surface area contributed by atoms with E-state index in [1.807, 2.05) is 13.8 Å². The Morgan fingerprint density at radius 2 is 2.00 bits per heavy atom. The normalized spacial score (nSPS) is 12.9. The molecule has 0 aliphatic heterocycles. The first-order chi connectivity index (χ1) is 9.36. The lowest BCUT2D eigenvalue weighted by Gasteiger charge is -2.12. The number of rotatable bonds is 7. The van der Waals surface area contributed by atoms with Gasteiger partial charge in [0.25, 0.3) is 0 Å². The number of nitrogens with one attached hydrogen (secondary N) is 2. The van der Waals surface area contributed by atoms with Crippen LogP contribution in [0.2, 0.25) is 0 Å². The van der Waals surface area contributed by atoms with Crippen LogP contribution in [0.1, 0.15) is 26.7 Å². The van der Waals surface area contributed by atoms with E-state index < -0.39 is 10.0 Å². The van der Waals surface area contributed by atoms with E-state index in [-0.39, 0.29) is 35.6 Å². The fraction of sp³-hybridized carbons (Fsp3) is 0.462. The first-order valence-corrected chi connectivity index (χ1v) is 7.92. The Hall–Kier alpha value is -1.60. The summed E-state index contributed by atoms with van der Waals surface area (Å²) in [5.41, 5.74) is 0. The van der Waals surface area contributed by atoms with Crippen LogP contribution in [0, 0.1) is 0 Å². The monoisotopic (exact) mass is 300 g/mol. The van der Waals surface area contributed by atoms with Crippen LogP contribution in [0.15, 0.2) is 29.2 Å². The molecule has 3 N–H and O–H groups in total. The standard InChI is InChI=1S/C13H20N2O4S/c1-3-10(2)15-13(17)8-9-14-20(18,19)12-7-5-4-6-11(12)16/h4-7,10,14,16H,3,8-9H2,1-2H3,(H,15,17). The number of carbonyl (C=O) groups is 1. The zero-order chi connectivity index (χ0) is 15.2. The zero-order valence-electron chi connectivity index (χ0n) is 11.6. The number of hydrogen-bond donors (Lipinski definition) is 3. The Bertz CT molecular complexity index is 557. The van der Waals surface area contributed by atoms with E-state index in [1.165, 1.54) is 24.3 Å². The van der Waals surface area contributed by atoms with Crippen molar-refractivity contribution in [2.75, 3.05) is 6.54 Å². The van der Waals surface area contributed by atoms with Crippen LogP contribution in [0.4, 0.5) is 0 Å². The van der Waals surface area contributed by atoms with Crippen molar-refractivity contribution in [3.63, 3.8) is 0 Å². The molecule has 1 aromatic carbocycles. The van der Waals surface area contributed by atoms with Gasteiger partial charge < -0.3 is 10.4 Å². The summed E-state index contributed by atoms with van der Waals surface area (Å²) in [4.78, 5) is 11.3. The SMILES string of the molecule is CCC(C)NC(=O)CCNS(=O)(=O)c1ccccc1O. The van der Waals surface area contributed by atoms with E-state index in [2.05, 4.69) is 10.0 Å². The Kier molecular flexibility index (Phi) is 5.97. The third kappa shape index (κ3) is 4.82. The Labute approximate surface area is 119 Å². The van der Waals surface area contributed by atoms with Gasteiger partial charge in [-0.05, 0) is 25.5 Å². The van der Waals surface area contributed by atoms with Gasteiger partial charge in [0.15, 0.2) is 0 Å². The molecule has 0 radical (unpaired) electrons. The highest BCUT2D eigenvalue weighted by Gasteiger charge is 2.17. The van der Waals surface area contributed by atoms with Crippen molar-refractivity contribution >= 4 is 15.9 Å². The van der Waals surface area contributed by atoms with Gasteiger partial charge >= 0.3 is 0 Å². The van der Waals surface area contributed by atoms with Crippen LogP contribution in [-0.2, 0) is 14.8 Å². The first kappa shape index (κ1) is 16.5. The van der Waals surface area contributed by atoms with Crippen molar-refractivity contribution in [3.05, 3.63) is 24.3 Å². The summed E-state index contributed by atoms with van der Waals surface area (Å²) in [6.07, 6.45) is 0.868. The molecule has 0 aromatic heterocycles. The van der Waals surface area contributed by atoms with Gasteiger partial charge in [-0.1, -0.05) is 19.1 Å². The molecule has 0 saturated heterocycles. The predicted molar refractivity (Wildman–Crippen MR) is 75.8 cm³/mol. The molecule has 1 rings (SSSR count). The Balaban J connectivity index is 2.53. The fourth-order valence-corrected chi connectivity index (χ4v) is 2.64. The summed E-state index contributed by atoms with van der Waals surface area (Å²) in [6.45, 7) is 3.81. The smallest absolute Gasteiger partial charge is 0.244 e. The van der Waals surface area contributed by atoms with Gasteiger partial charge in [-0.15, -0.1) is 0 Å². The number of benzene rings is 1. The fourth-order valence-electron chi connectivity index (χ4n) is 1.51. The molecule has 0 aliphatic rings. The molecular weight excluding hydrogens is 280 g/mol. The number of sulfonamides is 1. The largest absolute Gasteiger partial charge is 0.507 e. The van der Waals surface area contributed by atoms with Crippen molar-refractivity contribution in [2.24, 2.45) is 0 Å². The van der Waals surface area contributed by atoms with Crippen molar-refractivity contribution < 1.29 is 18.3 Å². The number of para-hydroxylation sites is 1. The topological polar surface area (TPSA) is 95.5 Å². The quantitative estimate of drug-likeness (QED) is 0.699. The summed E-state index contributed by atoms with van der Waals surface area (Å²) in [5, 5.41) is 12.3. The van der Waals surface area contributed by atoms with Gasteiger partial charge in [0.1, 0.15) is 10.6 Å². The predicted octanol–water partition coefficient (Wildman–Crippen LogP) is 0.975. The first-order valence-electron chi connectivity index (χ1n) is 6.44. The van der Waals surface area contributed by atoms with Crippen molar-refractivity contribution in [1.82, 2.24) is 10.0 Å². The van der Waals surface area contributed by atoms with Crippen LogP contribution in [0.25, 0.3) is 0 Å². The lowest BCUT2D eigenvalue weighted by Crippen LogP contribution is -2.35. The molecule has 0 heterocycles. The van der Waals surface area contributed by atoms with Gasteiger partial charge in [-0.2, -0.15) is 0 Å². The van der Waals surface area contributed by atoms with E-state index >= 15 is 0 Å². The van der Waals surface area contributed by atoms with Crippen LogP contribution in [0.5, 0.6) is 5.75 Å². The van der Waals surface area contributed by atoms with Crippen LogP contribution in [0.3, 0.4) is 0 Å². The van der Waals surface area contributed by atoms with Crippen LogP contribution >= 0.6 is 0 Å². The third-order valence-corrected chi connectivity index (χ3v) is 4.33. The minimum atomic E-state index is -3.80. The highest BCUT2D eigenvalue weighted by Crippen LogP contribution is 2.20. The number of carbonyl (C=O) groups excluding carboxylic acids is 1. The van der Waals surface area contributed by atoms with Crippen molar-refractivity contribution in [2.45, 2.75) is 37.6 Å². The second kappa shape index (κ2) is 7.25. The maximum Gasteiger partial charge on any atom is 0.244 e. The number of aromatic hydroxyl groups is 1. The van der Waals surface area contributed by atoms with Crippen molar-refractivity contribution in [3.8, 4) is 5.75 Å². The number of phenolic OH excluding ortho intramolecular Hbond substituents is 1. The highest BCUT2D eigenvalue weighted by molar-refractivity contribution is 7.89. The van der Waals surface area contributed by atoms with Gasteiger partial charge in [-0.25, -0.2) is 13.1 Å². The van der Waals surface area contributed by atoms with Crippen LogP contribution < -0.4 is 10.0 Å². The lowest BCUT2D eigenvalue weighted by molar-refractivity contribution is -0.121. The second-order valence-electron chi connectivity index (χ2n) is 4.49. The highest BCUT2D eigenvalue weighted by atomic mass is 32.2. The molecule has 1 amide bonds. The third-order valence-electron chi connectivity index (χ3n) is 2.82. The van der Waals surface area contributed by atoms with E-state index in [4.69, 9.17) is 0 Å². The van der Waals surface area contributed by atoms with Gasteiger partial charge in [0, 0.05) is 19.0 Å². The minimum Gasteiger partial charge on any atom is -0.507 e. The lowest BCUT2D eigenvalue weighted by atomic mass is 10.2. The molecule has 7 heteroatoms. The molecule has 1 unspecified atom stereocenters. The summed E-state index contributed by atoms with van der Waals surface area (Å²) in [6, 6.07) is 5.72. The summed E-state index contributed by atoms with van der Waals surface area (Å²) in [5.74, 6) is -0.525. The molecule has 20 heavy (non-hydrogen) atoms. The molecule has 6 nitrogen and oxygen atoms in total. The average Bonchev–Trinajstić information content (AvgIpc) is 2.38. The molecule has 1 aromatic rings. The zero-order valence-corrected chi connectivity index (χ0v) is 12.4. The molecule has 0 fully saturated rings. The molecule has 112 valence electrons. The maximum absolute atomic E-state index is 11.9. The van der Waals surface area contributed by atoms with Gasteiger partial charge in [0.2, 0.25) is 15.9 Å². The molecule has 0 bridgehead atoms. The van der Waals surface area contributed by atoms with E-state index in [0.717, 1.165) is 6.42 Å². The minimum absolute atomic E-state index is 0.0149. The number of hydrogen-bond acceptors (Lipinski definition) is 4. The second-order valence-corrected chi connectivity index (χ2v) is 6.23. The van der Waals surface area contributed by atoms with E-state index in [0.29, 0.717) is 0 Å².